The summed E-state index contributed by atoms with van der Waals surface area (Å²) < 4.78 is 29.5. The fourth-order valence-corrected chi connectivity index (χ4v) is 3.63. The Bertz CT molecular complexity index is 786. The van der Waals surface area contributed by atoms with E-state index < -0.39 is 11.6 Å². The lowest BCUT2D eigenvalue weighted by Gasteiger charge is -2.01. The number of nitrogens with zero attached hydrogens (tertiary/aromatic N) is 2. The van der Waals surface area contributed by atoms with Crippen LogP contribution in [-0.4, -0.2) is 8.96 Å². The van der Waals surface area contributed by atoms with Gasteiger partial charge in [0.05, 0.1) is 0 Å². The highest BCUT2D eigenvalue weighted by Crippen LogP contribution is 2.35. The molecule has 2 aromatic heterocycles. The van der Waals surface area contributed by atoms with Crippen LogP contribution in [0.5, 0.6) is 0 Å². The number of benzene rings is 1. The summed E-state index contributed by atoms with van der Waals surface area (Å²) in [4.78, 5) is 4.35. The summed E-state index contributed by atoms with van der Waals surface area (Å²) in [6.45, 7) is 0. The number of halogens is 4. The van der Waals surface area contributed by atoms with Crippen molar-refractivity contribution >= 4 is 57.3 Å². The van der Waals surface area contributed by atoms with Gasteiger partial charge in [0.2, 0.25) is 0 Å². The molecule has 0 spiro atoms. The Morgan fingerprint density at radius 2 is 1.85 bits per heavy atom. The van der Waals surface area contributed by atoms with E-state index in [1.807, 2.05) is 16.2 Å². The molecule has 2 nitrogen and oxygen atoms in total. The van der Waals surface area contributed by atoms with Gasteiger partial charge in [-0.3, -0.25) is 3.97 Å². The summed E-state index contributed by atoms with van der Waals surface area (Å²) in [7, 11) is 1.45. The van der Waals surface area contributed by atoms with Crippen LogP contribution < -0.4 is 0 Å². The van der Waals surface area contributed by atoms with Gasteiger partial charge < -0.3 is 0 Å². The highest BCUT2D eigenvalue weighted by molar-refractivity contribution is 14.2. The summed E-state index contributed by atoms with van der Waals surface area (Å²) in [5, 5.41) is 0.841. The van der Waals surface area contributed by atoms with Gasteiger partial charge in [-0.05, 0) is 39.7 Å². The van der Waals surface area contributed by atoms with Gasteiger partial charge in [0.15, 0.2) is 5.65 Å². The molecule has 102 valence electrons. The predicted octanol–water partition coefficient (Wildman–Crippen LogP) is 5.59. The molecular formula is C13H6BrF2IN2S. The monoisotopic (exact) mass is 466 g/mol. The molecule has 0 aliphatic rings. The quantitative estimate of drug-likeness (QED) is 0.458. The van der Waals surface area contributed by atoms with Gasteiger partial charge in [0.1, 0.15) is 11.6 Å². The van der Waals surface area contributed by atoms with E-state index in [2.05, 4.69) is 42.1 Å². The minimum atomic E-state index is -0.592. The minimum absolute atomic E-state index is 0.497. The van der Waals surface area contributed by atoms with Crippen LogP contribution in [-0.2, 0) is 0 Å². The molecule has 3 rings (SSSR count). The van der Waals surface area contributed by atoms with E-state index >= 15 is 0 Å². The average Bonchev–Trinajstić information content (AvgIpc) is 2.75. The number of aromatic nitrogens is 2. The molecule has 0 amide bonds. The molecule has 20 heavy (non-hydrogen) atoms. The Hall–Kier alpha value is -0.670. The molecule has 0 bridgehead atoms. The normalized spacial score (nSPS) is 11.2. The van der Waals surface area contributed by atoms with Crippen molar-refractivity contribution in [1.82, 2.24) is 8.96 Å². The summed E-state index contributed by atoms with van der Waals surface area (Å²) in [5.74, 6) is -1.18. The zero-order chi connectivity index (χ0) is 14.3. The number of hydrogen-bond donors (Lipinski definition) is 0. The maximum absolute atomic E-state index is 13.4. The molecule has 1 aromatic carbocycles. The molecule has 0 aliphatic heterocycles. The molecule has 0 atom stereocenters. The molecule has 3 aromatic rings. The van der Waals surface area contributed by atoms with Crippen LogP contribution in [0.15, 0.2) is 41.1 Å². The Morgan fingerprint density at radius 3 is 2.50 bits per heavy atom. The Labute approximate surface area is 138 Å². The van der Waals surface area contributed by atoms with E-state index in [1.54, 1.807) is 6.20 Å². The Morgan fingerprint density at radius 1 is 1.15 bits per heavy atom. The second-order valence-electron chi connectivity index (χ2n) is 4.12. The maximum Gasteiger partial charge on any atom is 0.151 e. The van der Waals surface area contributed by atoms with Gasteiger partial charge >= 0.3 is 0 Å². The molecule has 0 saturated carbocycles. The van der Waals surface area contributed by atoms with E-state index in [9.17, 15) is 8.78 Å². The van der Waals surface area contributed by atoms with Gasteiger partial charge in [-0.2, -0.15) is 0 Å². The van der Waals surface area contributed by atoms with Gasteiger partial charge in [0, 0.05) is 64.2 Å². The van der Waals surface area contributed by atoms with Crippen molar-refractivity contribution in [1.29, 1.82) is 0 Å². The lowest BCUT2D eigenvalue weighted by atomic mass is 10.1. The van der Waals surface area contributed by atoms with Crippen LogP contribution in [0.2, 0.25) is 0 Å². The number of hydrogen-bond acceptors (Lipinski definition) is 2. The molecule has 0 radical (unpaired) electrons. The minimum Gasteiger partial charge on any atom is -0.265 e. The molecule has 2 heterocycles. The molecule has 0 aliphatic carbocycles. The third kappa shape index (κ3) is 2.58. The summed E-state index contributed by atoms with van der Waals surface area (Å²) in [6.07, 6.45) is 3.52. The highest BCUT2D eigenvalue weighted by atomic mass is 127. The lowest BCUT2D eigenvalue weighted by Crippen LogP contribution is -1.83. The second-order valence-corrected chi connectivity index (χ2v) is 6.75. The van der Waals surface area contributed by atoms with Crippen molar-refractivity contribution in [3.05, 3.63) is 52.8 Å². The van der Waals surface area contributed by atoms with Crippen molar-refractivity contribution < 1.29 is 8.78 Å². The highest BCUT2D eigenvalue weighted by Gasteiger charge is 2.13. The standard InChI is InChI=1S/C13H6BrF2IN2S/c14-8-3-11-12(6-19(20-17)13(11)18-5-8)7-1-9(15)4-10(16)2-7/h1-6H. The average molecular weight is 467 g/mol. The van der Waals surface area contributed by atoms with Crippen molar-refractivity contribution in [3.8, 4) is 11.1 Å². The largest absolute Gasteiger partial charge is 0.265 e. The SMILES string of the molecule is Fc1cc(F)cc(-c2cn(SI)c3ncc(Br)cc23)c1. The van der Waals surface area contributed by atoms with E-state index in [0.717, 1.165) is 27.1 Å². The fraction of sp³-hybridized carbons (Fsp3) is 0. The first-order valence-electron chi connectivity index (χ1n) is 5.50. The summed E-state index contributed by atoms with van der Waals surface area (Å²) >= 11 is 5.51. The number of rotatable bonds is 2. The third-order valence-electron chi connectivity index (χ3n) is 2.83. The molecule has 7 heteroatoms. The van der Waals surface area contributed by atoms with E-state index in [0.29, 0.717) is 5.56 Å². The topological polar surface area (TPSA) is 17.8 Å². The number of pyridine rings is 1. The van der Waals surface area contributed by atoms with Gasteiger partial charge in [-0.15, -0.1) is 0 Å². The first kappa shape index (κ1) is 14.3. The van der Waals surface area contributed by atoms with Crippen molar-refractivity contribution in [3.63, 3.8) is 0 Å². The molecule has 0 saturated heterocycles. The molecule has 0 N–H and O–H groups in total. The van der Waals surface area contributed by atoms with Crippen LogP contribution in [0.3, 0.4) is 0 Å². The van der Waals surface area contributed by atoms with Crippen LogP contribution in [0.25, 0.3) is 22.2 Å². The molecular weight excluding hydrogens is 461 g/mol. The van der Waals surface area contributed by atoms with Crippen LogP contribution in [0.4, 0.5) is 8.78 Å². The van der Waals surface area contributed by atoms with Crippen molar-refractivity contribution in [2.75, 3.05) is 0 Å². The van der Waals surface area contributed by atoms with E-state index in [4.69, 9.17) is 0 Å². The van der Waals surface area contributed by atoms with Crippen LogP contribution >= 0.6 is 46.3 Å². The van der Waals surface area contributed by atoms with Gasteiger partial charge in [-0.25, -0.2) is 13.8 Å². The Balaban J connectivity index is 2.32. The summed E-state index contributed by atoms with van der Waals surface area (Å²) in [5.41, 5.74) is 2.00. The van der Waals surface area contributed by atoms with Crippen LogP contribution in [0, 0.1) is 11.6 Å². The fourth-order valence-electron chi connectivity index (χ4n) is 2.05. The lowest BCUT2D eigenvalue weighted by molar-refractivity contribution is 0.584. The Kier molecular flexibility index (Phi) is 4.00. The predicted molar refractivity (Wildman–Crippen MR) is 89.8 cm³/mol. The van der Waals surface area contributed by atoms with Gasteiger partial charge in [-0.1, -0.05) is 0 Å². The second kappa shape index (κ2) is 5.61. The van der Waals surface area contributed by atoms with Crippen molar-refractivity contribution in [2.45, 2.75) is 0 Å². The van der Waals surface area contributed by atoms with E-state index in [1.165, 1.54) is 21.3 Å². The van der Waals surface area contributed by atoms with Crippen molar-refractivity contribution in [2.24, 2.45) is 0 Å². The van der Waals surface area contributed by atoms with Gasteiger partial charge in [0.25, 0.3) is 0 Å². The van der Waals surface area contributed by atoms with E-state index in [-0.39, 0.29) is 0 Å². The smallest absolute Gasteiger partial charge is 0.151 e. The first-order valence-corrected chi connectivity index (χ1v) is 9.61. The maximum atomic E-state index is 13.4. The number of fused-ring (bicyclic) bond motifs is 1. The zero-order valence-corrected chi connectivity index (χ0v) is 14.3. The molecule has 0 unspecified atom stereocenters. The molecule has 0 fully saturated rings. The first-order chi connectivity index (χ1) is 9.58. The third-order valence-corrected chi connectivity index (χ3v) is 4.96. The van der Waals surface area contributed by atoms with Crippen LogP contribution in [0.1, 0.15) is 0 Å². The summed E-state index contributed by atoms with van der Waals surface area (Å²) in [6, 6.07) is 5.40. The zero-order valence-electron chi connectivity index (χ0n) is 9.78.